The maximum atomic E-state index is 13.6. The standard InChI is InChI=1S/C26H31FN2O3/c1-17-21-15-20(27)9-10-23(21)32-24(17)25(30)28-16-22(29-11-13-31-14-12-29)18-5-7-19(8-6-18)26(2,3)4/h5-10,15,22H,11-14,16H2,1-4H3,(H,28,30). The Bertz CT molecular complexity index is 1090. The van der Waals surface area contributed by atoms with Crippen molar-refractivity contribution in [2.24, 2.45) is 0 Å². The number of halogens is 1. The molecule has 1 fully saturated rings. The minimum Gasteiger partial charge on any atom is -0.451 e. The lowest BCUT2D eigenvalue weighted by molar-refractivity contribution is 0.0161. The molecule has 1 aliphatic heterocycles. The number of furan rings is 1. The molecule has 32 heavy (non-hydrogen) atoms. The maximum absolute atomic E-state index is 13.6. The highest BCUT2D eigenvalue weighted by atomic mass is 19.1. The summed E-state index contributed by atoms with van der Waals surface area (Å²) in [6.07, 6.45) is 0. The molecule has 2 heterocycles. The van der Waals surface area contributed by atoms with Gasteiger partial charge < -0.3 is 14.5 Å². The number of carbonyl (C=O) groups excluding carboxylic acids is 1. The Morgan fingerprint density at radius 2 is 1.81 bits per heavy atom. The van der Waals surface area contributed by atoms with E-state index in [1.807, 2.05) is 0 Å². The molecule has 3 aromatic rings. The zero-order valence-electron chi connectivity index (χ0n) is 19.2. The van der Waals surface area contributed by atoms with Crippen LogP contribution in [0, 0.1) is 12.7 Å². The lowest BCUT2D eigenvalue weighted by atomic mass is 9.86. The van der Waals surface area contributed by atoms with Gasteiger partial charge in [0.25, 0.3) is 5.91 Å². The Hall–Kier alpha value is -2.70. The second kappa shape index (κ2) is 9.04. The van der Waals surface area contributed by atoms with E-state index in [1.54, 1.807) is 13.0 Å². The topological polar surface area (TPSA) is 54.7 Å². The molecule has 1 N–H and O–H groups in total. The molecular formula is C26H31FN2O3. The van der Waals surface area contributed by atoms with Gasteiger partial charge in [-0.25, -0.2) is 4.39 Å². The van der Waals surface area contributed by atoms with E-state index in [0.29, 0.717) is 36.3 Å². The maximum Gasteiger partial charge on any atom is 0.287 e. The summed E-state index contributed by atoms with van der Waals surface area (Å²) in [4.78, 5) is 15.3. The number of nitrogens with one attached hydrogen (secondary N) is 1. The SMILES string of the molecule is Cc1c(C(=O)NCC(c2ccc(C(C)(C)C)cc2)N2CCOCC2)oc2ccc(F)cc12. The fourth-order valence-electron chi connectivity index (χ4n) is 4.23. The molecule has 0 aliphatic carbocycles. The van der Waals surface area contributed by atoms with Crippen molar-refractivity contribution in [3.63, 3.8) is 0 Å². The van der Waals surface area contributed by atoms with Crippen LogP contribution in [0.25, 0.3) is 11.0 Å². The highest BCUT2D eigenvalue weighted by Gasteiger charge is 2.25. The molecule has 6 heteroatoms. The van der Waals surface area contributed by atoms with E-state index in [2.05, 4.69) is 55.3 Å². The van der Waals surface area contributed by atoms with Crippen LogP contribution in [0.4, 0.5) is 4.39 Å². The van der Waals surface area contributed by atoms with Crippen LogP contribution in [0.1, 0.15) is 54.1 Å². The van der Waals surface area contributed by atoms with Crippen molar-refractivity contribution in [2.45, 2.75) is 39.2 Å². The summed E-state index contributed by atoms with van der Waals surface area (Å²) in [7, 11) is 0. The van der Waals surface area contributed by atoms with Gasteiger partial charge in [0.1, 0.15) is 11.4 Å². The van der Waals surface area contributed by atoms with Gasteiger partial charge in [-0.15, -0.1) is 0 Å². The quantitative estimate of drug-likeness (QED) is 0.610. The van der Waals surface area contributed by atoms with Crippen LogP contribution in [0.2, 0.25) is 0 Å². The monoisotopic (exact) mass is 438 g/mol. The number of morpholine rings is 1. The van der Waals surface area contributed by atoms with Crippen LogP contribution < -0.4 is 5.32 Å². The average molecular weight is 439 g/mol. The van der Waals surface area contributed by atoms with Crippen LogP contribution >= 0.6 is 0 Å². The van der Waals surface area contributed by atoms with Gasteiger partial charge in [-0.2, -0.15) is 0 Å². The number of aryl methyl sites for hydroxylation is 1. The lowest BCUT2D eigenvalue weighted by Gasteiger charge is -2.35. The number of benzene rings is 2. The largest absolute Gasteiger partial charge is 0.451 e. The smallest absolute Gasteiger partial charge is 0.287 e. The summed E-state index contributed by atoms with van der Waals surface area (Å²) in [5, 5.41) is 3.67. The molecule has 1 saturated heterocycles. The van der Waals surface area contributed by atoms with Crippen LogP contribution in [0.3, 0.4) is 0 Å². The highest BCUT2D eigenvalue weighted by Crippen LogP contribution is 2.28. The first-order valence-corrected chi connectivity index (χ1v) is 11.1. The van der Waals surface area contributed by atoms with Crippen LogP contribution in [-0.2, 0) is 10.2 Å². The molecule has 0 bridgehead atoms. The lowest BCUT2D eigenvalue weighted by Crippen LogP contribution is -2.43. The third-order valence-corrected chi connectivity index (χ3v) is 6.21. The van der Waals surface area contributed by atoms with Crippen LogP contribution in [-0.4, -0.2) is 43.7 Å². The van der Waals surface area contributed by atoms with E-state index in [0.717, 1.165) is 18.7 Å². The fraction of sp³-hybridized carbons (Fsp3) is 0.423. The number of hydrogen-bond acceptors (Lipinski definition) is 4. The summed E-state index contributed by atoms with van der Waals surface area (Å²) in [6, 6.07) is 13.0. The molecule has 1 aromatic heterocycles. The first-order chi connectivity index (χ1) is 15.2. The predicted molar refractivity (Wildman–Crippen MR) is 124 cm³/mol. The molecule has 0 radical (unpaired) electrons. The molecule has 1 aliphatic rings. The van der Waals surface area contributed by atoms with Crippen molar-refractivity contribution in [1.82, 2.24) is 10.2 Å². The molecule has 1 amide bonds. The first kappa shape index (κ1) is 22.5. The third kappa shape index (κ3) is 4.71. The van der Waals surface area contributed by atoms with E-state index in [-0.39, 0.29) is 28.9 Å². The molecular weight excluding hydrogens is 407 g/mol. The van der Waals surface area contributed by atoms with Crippen LogP contribution in [0.15, 0.2) is 46.9 Å². The summed E-state index contributed by atoms with van der Waals surface area (Å²) in [5.41, 5.74) is 3.67. The van der Waals surface area contributed by atoms with Crippen molar-refractivity contribution in [3.05, 3.63) is 70.7 Å². The second-order valence-corrected chi connectivity index (χ2v) is 9.44. The normalized spacial score (nSPS) is 16.3. The average Bonchev–Trinajstić information content (AvgIpc) is 3.10. The molecule has 0 saturated carbocycles. The minimum absolute atomic E-state index is 0.0268. The number of amides is 1. The summed E-state index contributed by atoms with van der Waals surface area (Å²) in [5.74, 6) is -0.405. The van der Waals surface area contributed by atoms with Crippen molar-refractivity contribution < 1.29 is 18.3 Å². The Morgan fingerprint density at radius 3 is 2.47 bits per heavy atom. The number of ether oxygens (including phenoxy) is 1. The van der Waals surface area contributed by atoms with E-state index in [4.69, 9.17) is 9.15 Å². The van der Waals surface area contributed by atoms with E-state index >= 15 is 0 Å². The summed E-state index contributed by atoms with van der Waals surface area (Å²) >= 11 is 0. The van der Waals surface area contributed by atoms with Crippen molar-refractivity contribution in [3.8, 4) is 0 Å². The Morgan fingerprint density at radius 1 is 1.12 bits per heavy atom. The minimum atomic E-state index is -0.348. The number of rotatable bonds is 5. The van der Waals surface area contributed by atoms with Gasteiger partial charge in [0.15, 0.2) is 5.76 Å². The van der Waals surface area contributed by atoms with Crippen molar-refractivity contribution in [1.29, 1.82) is 0 Å². The van der Waals surface area contributed by atoms with Gasteiger partial charge in [-0.1, -0.05) is 45.0 Å². The molecule has 0 spiro atoms. The Kier molecular flexibility index (Phi) is 6.35. The van der Waals surface area contributed by atoms with E-state index in [1.165, 1.54) is 17.7 Å². The van der Waals surface area contributed by atoms with Gasteiger partial charge in [0.05, 0.1) is 19.3 Å². The Balaban J connectivity index is 1.55. The number of carbonyl (C=O) groups is 1. The van der Waals surface area contributed by atoms with Gasteiger partial charge >= 0.3 is 0 Å². The molecule has 170 valence electrons. The number of nitrogens with zero attached hydrogens (tertiary/aromatic N) is 1. The zero-order valence-corrected chi connectivity index (χ0v) is 19.2. The van der Waals surface area contributed by atoms with Gasteiger partial charge in [0.2, 0.25) is 0 Å². The molecule has 4 rings (SSSR count). The van der Waals surface area contributed by atoms with Crippen LogP contribution in [0.5, 0.6) is 0 Å². The predicted octanol–water partition coefficient (Wildman–Crippen LogP) is 4.98. The van der Waals surface area contributed by atoms with E-state index in [9.17, 15) is 9.18 Å². The third-order valence-electron chi connectivity index (χ3n) is 6.21. The number of fused-ring (bicyclic) bond motifs is 1. The number of hydrogen-bond donors (Lipinski definition) is 1. The summed E-state index contributed by atoms with van der Waals surface area (Å²) < 4.78 is 24.9. The van der Waals surface area contributed by atoms with E-state index < -0.39 is 0 Å². The first-order valence-electron chi connectivity index (χ1n) is 11.1. The fourth-order valence-corrected chi connectivity index (χ4v) is 4.23. The summed E-state index contributed by atoms with van der Waals surface area (Å²) in [6.45, 7) is 11.8. The Labute approximate surface area is 188 Å². The second-order valence-electron chi connectivity index (χ2n) is 9.44. The van der Waals surface area contributed by atoms with Gasteiger partial charge in [0, 0.05) is 30.6 Å². The van der Waals surface area contributed by atoms with Gasteiger partial charge in [-0.3, -0.25) is 9.69 Å². The van der Waals surface area contributed by atoms with Gasteiger partial charge in [-0.05, 0) is 41.7 Å². The molecule has 5 nitrogen and oxygen atoms in total. The molecule has 1 unspecified atom stereocenters. The zero-order chi connectivity index (χ0) is 22.9. The van der Waals surface area contributed by atoms with Crippen molar-refractivity contribution in [2.75, 3.05) is 32.8 Å². The molecule has 2 aromatic carbocycles. The highest BCUT2D eigenvalue weighted by molar-refractivity contribution is 5.98. The molecule has 1 atom stereocenters. The van der Waals surface area contributed by atoms with Crippen molar-refractivity contribution >= 4 is 16.9 Å².